The molecule has 1 aliphatic rings. The number of halogens is 4. The quantitative estimate of drug-likeness (QED) is 0.809. The van der Waals surface area contributed by atoms with Crippen molar-refractivity contribution in [3.05, 3.63) is 47.3 Å². The highest BCUT2D eigenvalue weighted by molar-refractivity contribution is 5.74. The number of H-pyrrole nitrogens is 1. The van der Waals surface area contributed by atoms with E-state index in [4.69, 9.17) is 4.74 Å². The number of amides is 2. The van der Waals surface area contributed by atoms with Gasteiger partial charge in [-0.2, -0.15) is 13.2 Å². The van der Waals surface area contributed by atoms with Gasteiger partial charge in [0.1, 0.15) is 11.6 Å². The molecule has 0 saturated carbocycles. The predicted molar refractivity (Wildman–Crippen MR) is 80.3 cm³/mol. The molecule has 11 heteroatoms. The fourth-order valence-corrected chi connectivity index (χ4v) is 2.57. The number of ether oxygens (including phenoxy) is 1. The van der Waals surface area contributed by atoms with E-state index in [1.54, 1.807) is 12.1 Å². The minimum Gasteiger partial charge on any atom is -0.377 e. The van der Waals surface area contributed by atoms with E-state index in [0.717, 1.165) is 0 Å². The molecule has 2 heterocycles. The predicted octanol–water partition coefficient (Wildman–Crippen LogP) is 2.25. The summed E-state index contributed by atoms with van der Waals surface area (Å²) < 4.78 is 55.9. The second-order valence-electron chi connectivity index (χ2n) is 5.60. The summed E-state index contributed by atoms with van der Waals surface area (Å²) in [7, 11) is 0. The Balaban J connectivity index is 1.65. The number of benzene rings is 1. The van der Waals surface area contributed by atoms with E-state index in [9.17, 15) is 22.4 Å². The average molecular weight is 373 g/mol. The summed E-state index contributed by atoms with van der Waals surface area (Å²) in [5, 5.41) is 7.71. The number of morpholine rings is 1. The minimum absolute atomic E-state index is 0.114. The van der Waals surface area contributed by atoms with Crippen LogP contribution in [0.3, 0.4) is 0 Å². The lowest BCUT2D eigenvalue weighted by Gasteiger charge is -2.35. The zero-order valence-electron chi connectivity index (χ0n) is 13.4. The first kappa shape index (κ1) is 18.1. The number of carbonyl (C=O) groups excluding carboxylic acids is 1. The molecule has 140 valence electrons. The number of aromatic nitrogens is 3. The minimum atomic E-state index is -4.66. The number of nitrogens with zero attached hydrogens (tertiary/aromatic N) is 3. The molecule has 0 spiro atoms. The third-order valence-electron chi connectivity index (χ3n) is 3.84. The summed E-state index contributed by atoms with van der Waals surface area (Å²) in [5.41, 5.74) is 0.695. The van der Waals surface area contributed by atoms with Gasteiger partial charge in [0, 0.05) is 6.54 Å². The van der Waals surface area contributed by atoms with Gasteiger partial charge in [-0.15, -0.1) is 5.10 Å². The first-order valence-electron chi connectivity index (χ1n) is 7.71. The van der Waals surface area contributed by atoms with Crippen LogP contribution in [0.15, 0.2) is 24.3 Å². The second-order valence-corrected chi connectivity index (χ2v) is 5.60. The molecule has 3 rings (SSSR count). The molecule has 0 radical (unpaired) electrons. The number of rotatable bonds is 3. The van der Waals surface area contributed by atoms with Gasteiger partial charge in [0.25, 0.3) is 5.82 Å². The van der Waals surface area contributed by atoms with E-state index in [2.05, 4.69) is 20.5 Å². The summed E-state index contributed by atoms with van der Waals surface area (Å²) >= 11 is 0. The summed E-state index contributed by atoms with van der Waals surface area (Å²) in [6.45, 7) is 0.610. The Morgan fingerprint density at radius 1 is 1.35 bits per heavy atom. The smallest absolute Gasteiger partial charge is 0.377 e. The van der Waals surface area contributed by atoms with Crippen LogP contribution in [0.4, 0.5) is 22.4 Å². The van der Waals surface area contributed by atoms with Gasteiger partial charge < -0.3 is 15.0 Å². The number of carbonyl (C=O) groups is 1. The van der Waals surface area contributed by atoms with Gasteiger partial charge in [-0.1, -0.05) is 12.1 Å². The maximum absolute atomic E-state index is 13.1. The Hall–Kier alpha value is -2.69. The van der Waals surface area contributed by atoms with E-state index >= 15 is 0 Å². The van der Waals surface area contributed by atoms with Crippen LogP contribution in [0.5, 0.6) is 0 Å². The number of alkyl halides is 3. The molecule has 0 aliphatic carbocycles. The van der Waals surface area contributed by atoms with Crippen LogP contribution in [0.2, 0.25) is 0 Å². The molecule has 0 bridgehead atoms. The summed E-state index contributed by atoms with van der Waals surface area (Å²) in [6, 6.07) is 4.76. The van der Waals surface area contributed by atoms with Crippen LogP contribution >= 0.6 is 0 Å². The van der Waals surface area contributed by atoms with Gasteiger partial charge in [0.05, 0.1) is 25.8 Å². The third-order valence-corrected chi connectivity index (χ3v) is 3.84. The summed E-state index contributed by atoms with van der Waals surface area (Å²) in [4.78, 5) is 17.2. The SMILES string of the molecule is O=C(NCc1nc(C(F)(F)F)n[nH]1)N1CCOCC1c1ccc(F)cc1. The highest BCUT2D eigenvalue weighted by Crippen LogP contribution is 2.26. The molecule has 26 heavy (non-hydrogen) atoms. The normalized spacial score (nSPS) is 18.0. The van der Waals surface area contributed by atoms with Crippen LogP contribution < -0.4 is 5.32 Å². The van der Waals surface area contributed by atoms with Crippen molar-refractivity contribution in [2.45, 2.75) is 18.8 Å². The lowest BCUT2D eigenvalue weighted by molar-refractivity contribution is -0.144. The monoisotopic (exact) mass is 373 g/mol. The molecule has 1 aromatic carbocycles. The van der Waals surface area contributed by atoms with Crippen molar-refractivity contribution in [1.82, 2.24) is 25.4 Å². The molecular formula is C15H15F4N5O2. The topological polar surface area (TPSA) is 83.1 Å². The molecule has 2 N–H and O–H groups in total. The Morgan fingerprint density at radius 3 is 2.73 bits per heavy atom. The van der Waals surface area contributed by atoms with E-state index < -0.39 is 29.9 Å². The molecule has 1 atom stereocenters. The Bertz CT molecular complexity index is 762. The number of nitrogens with one attached hydrogen (secondary N) is 2. The molecule has 1 fully saturated rings. The van der Waals surface area contributed by atoms with Gasteiger partial charge in [0.2, 0.25) is 0 Å². The number of aromatic amines is 1. The van der Waals surface area contributed by atoms with Crippen LogP contribution in [-0.2, 0) is 17.5 Å². The second kappa shape index (κ2) is 7.28. The van der Waals surface area contributed by atoms with Crippen LogP contribution in [0, 0.1) is 5.82 Å². The van der Waals surface area contributed by atoms with Gasteiger partial charge >= 0.3 is 12.2 Å². The Morgan fingerprint density at radius 2 is 2.08 bits per heavy atom. The lowest BCUT2D eigenvalue weighted by atomic mass is 10.1. The average Bonchev–Trinajstić information content (AvgIpc) is 3.10. The van der Waals surface area contributed by atoms with E-state index in [1.165, 1.54) is 17.0 Å². The van der Waals surface area contributed by atoms with E-state index in [1.807, 2.05) is 0 Å². The van der Waals surface area contributed by atoms with Crippen molar-refractivity contribution >= 4 is 6.03 Å². The van der Waals surface area contributed by atoms with Crippen molar-refractivity contribution < 1.29 is 27.1 Å². The van der Waals surface area contributed by atoms with Gasteiger partial charge in [-0.05, 0) is 17.7 Å². The highest BCUT2D eigenvalue weighted by atomic mass is 19.4. The van der Waals surface area contributed by atoms with Crippen LogP contribution in [-0.4, -0.2) is 45.9 Å². The Kier molecular flexibility index (Phi) is 5.07. The maximum atomic E-state index is 13.1. The van der Waals surface area contributed by atoms with Crippen molar-refractivity contribution in [3.8, 4) is 0 Å². The van der Waals surface area contributed by atoms with Gasteiger partial charge in [-0.25, -0.2) is 14.2 Å². The largest absolute Gasteiger partial charge is 0.453 e. The van der Waals surface area contributed by atoms with Crippen LogP contribution in [0.1, 0.15) is 23.3 Å². The zero-order chi connectivity index (χ0) is 18.7. The fourth-order valence-electron chi connectivity index (χ4n) is 2.57. The summed E-state index contributed by atoms with van der Waals surface area (Å²) in [6.07, 6.45) is -4.66. The third kappa shape index (κ3) is 4.10. The summed E-state index contributed by atoms with van der Waals surface area (Å²) in [5.74, 6) is -1.80. The maximum Gasteiger partial charge on any atom is 0.453 e. The highest BCUT2D eigenvalue weighted by Gasteiger charge is 2.36. The molecule has 2 aromatic rings. The fraction of sp³-hybridized carbons (Fsp3) is 0.400. The molecular weight excluding hydrogens is 358 g/mol. The van der Waals surface area contributed by atoms with E-state index in [0.29, 0.717) is 12.2 Å². The lowest BCUT2D eigenvalue weighted by Crippen LogP contribution is -2.48. The molecule has 2 amide bonds. The van der Waals surface area contributed by atoms with Crippen molar-refractivity contribution in [2.24, 2.45) is 0 Å². The molecule has 1 aromatic heterocycles. The Labute approximate surface area is 145 Å². The first-order chi connectivity index (χ1) is 12.3. The molecule has 1 saturated heterocycles. The van der Waals surface area contributed by atoms with Crippen LogP contribution in [0.25, 0.3) is 0 Å². The standard InChI is InChI=1S/C15H15F4N5O2/c16-10-3-1-9(2-4-10)11-8-26-6-5-24(11)14(25)20-7-12-21-13(23-22-12)15(17,18)19/h1-4,11H,5-8H2,(H,20,25)(H,21,22,23). The molecule has 1 unspecified atom stereocenters. The van der Waals surface area contributed by atoms with Crippen molar-refractivity contribution in [2.75, 3.05) is 19.8 Å². The van der Waals surface area contributed by atoms with Gasteiger partial charge in [0.15, 0.2) is 0 Å². The first-order valence-corrected chi connectivity index (χ1v) is 7.71. The molecule has 7 nitrogen and oxygen atoms in total. The number of hydrogen-bond acceptors (Lipinski definition) is 4. The van der Waals surface area contributed by atoms with Crippen molar-refractivity contribution in [1.29, 1.82) is 0 Å². The number of hydrogen-bond donors (Lipinski definition) is 2. The van der Waals surface area contributed by atoms with Gasteiger partial charge in [-0.3, -0.25) is 5.10 Å². The van der Waals surface area contributed by atoms with E-state index in [-0.39, 0.29) is 25.5 Å². The molecule has 1 aliphatic heterocycles. The zero-order valence-corrected chi connectivity index (χ0v) is 13.4. The number of urea groups is 1. The van der Waals surface area contributed by atoms with Crippen molar-refractivity contribution in [3.63, 3.8) is 0 Å².